The van der Waals surface area contributed by atoms with Gasteiger partial charge in [0.1, 0.15) is 0 Å². The van der Waals surface area contributed by atoms with Crippen molar-refractivity contribution in [1.82, 2.24) is 20.2 Å². The Morgan fingerprint density at radius 1 is 1.07 bits per heavy atom. The molecule has 3 aromatic rings. The standard InChI is InChI=1S/C22H24N4O/c27-22(24-10-5-15-26-13-3-4-14-26)19-16-21(17-8-11-23-12-9-17)25-20-7-2-1-6-18(19)20/h1-2,6-9,11-12,16H,3-5,10,13-15H2,(H,24,27). The maximum absolute atomic E-state index is 12.9. The molecule has 1 aliphatic heterocycles. The third-order valence-electron chi connectivity index (χ3n) is 5.07. The lowest BCUT2D eigenvalue weighted by Crippen LogP contribution is -2.28. The van der Waals surface area contributed by atoms with Crippen molar-refractivity contribution < 1.29 is 4.79 Å². The zero-order valence-corrected chi connectivity index (χ0v) is 15.4. The van der Waals surface area contributed by atoms with Gasteiger partial charge >= 0.3 is 0 Å². The molecule has 0 unspecified atom stereocenters. The van der Waals surface area contributed by atoms with Gasteiger partial charge in [-0.05, 0) is 63.2 Å². The van der Waals surface area contributed by atoms with Crippen molar-refractivity contribution in [2.24, 2.45) is 0 Å². The van der Waals surface area contributed by atoms with Gasteiger partial charge in [-0.2, -0.15) is 0 Å². The number of para-hydroxylation sites is 1. The van der Waals surface area contributed by atoms with Crippen molar-refractivity contribution in [2.45, 2.75) is 19.3 Å². The van der Waals surface area contributed by atoms with Crippen LogP contribution in [0.15, 0.2) is 54.9 Å². The van der Waals surface area contributed by atoms with Crippen LogP contribution in [0.2, 0.25) is 0 Å². The van der Waals surface area contributed by atoms with E-state index in [4.69, 9.17) is 4.98 Å². The van der Waals surface area contributed by atoms with Gasteiger partial charge in [-0.3, -0.25) is 9.78 Å². The van der Waals surface area contributed by atoms with Crippen molar-refractivity contribution in [2.75, 3.05) is 26.2 Å². The monoisotopic (exact) mass is 360 g/mol. The summed E-state index contributed by atoms with van der Waals surface area (Å²) < 4.78 is 0. The average molecular weight is 360 g/mol. The van der Waals surface area contributed by atoms with Crippen LogP contribution in [0, 0.1) is 0 Å². The summed E-state index contributed by atoms with van der Waals surface area (Å²) in [6, 6.07) is 13.5. The molecule has 0 aliphatic carbocycles. The number of fused-ring (bicyclic) bond motifs is 1. The Morgan fingerprint density at radius 2 is 1.85 bits per heavy atom. The molecule has 1 saturated heterocycles. The topological polar surface area (TPSA) is 58.1 Å². The van der Waals surface area contributed by atoms with Crippen LogP contribution < -0.4 is 5.32 Å². The Kier molecular flexibility index (Phi) is 5.39. The number of nitrogens with zero attached hydrogens (tertiary/aromatic N) is 3. The first-order valence-corrected chi connectivity index (χ1v) is 9.62. The van der Waals surface area contributed by atoms with Gasteiger partial charge < -0.3 is 10.2 Å². The molecule has 1 aliphatic rings. The second kappa shape index (κ2) is 8.27. The molecule has 1 amide bonds. The number of hydrogen-bond donors (Lipinski definition) is 1. The Morgan fingerprint density at radius 3 is 2.67 bits per heavy atom. The van der Waals surface area contributed by atoms with Gasteiger partial charge in [-0.25, -0.2) is 4.98 Å². The smallest absolute Gasteiger partial charge is 0.252 e. The number of carbonyl (C=O) groups is 1. The summed E-state index contributed by atoms with van der Waals surface area (Å²) in [5.74, 6) is -0.0367. The van der Waals surface area contributed by atoms with E-state index in [1.165, 1.54) is 25.9 Å². The Bertz CT molecular complexity index is 920. The number of amides is 1. The fourth-order valence-corrected chi connectivity index (χ4v) is 3.64. The number of rotatable bonds is 6. The molecule has 0 saturated carbocycles. The normalized spacial score (nSPS) is 14.5. The predicted molar refractivity (Wildman–Crippen MR) is 108 cm³/mol. The lowest BCUT2D eigenvalue weighted by atomic mass is 10.0. The fraction of sp³-hybridized carbons (Fsp3) is 0.318. The molecule has 0 radical (unpaired) electrons. The van der Waals surface area contributed by atoms with E-state index in [-0.39, 0.29) is 5.91 Å². The summed E-state index contributed by atoms with van der Waals surface area (Å²) >= 11 is 0. The van der Waals surface area contributed by atoms with Crippen molar-refractivity contribution in [3.63, 3.8) is 0 Å². The van der Waals surface area contributed by atoms with Crippen LogP contribution in [0.25, 0.3) is 22.2 Å². The SMILES string of the molecule is O=C(NCCCN1CCCC1)c1cc(-c2ccncc2)nc2ccccc12. The minimum atomic E-state index is -0.0367. The highest BCUT2D eigenvalue weighted by Gasteiger charge is 2.14. The summed E-state index contributed by atoms with van der Waals surface area (Å²) in [7, 11) is 0. The lowest BCUT2D eigenvalue weighted by Gasteiger charge is -2.15. The van der Waals surface area contributed by atoms with Crippen molar-refractivity contribution >= 4 is 16.8 Å². The first-order chi connectivity index (χ1) is 13.3. The Hall–Kier alpha value is -2.79. The molecule has 0 spiro atoms. The van der Waals surface area contributed by atoms with Crippen LogP contribution >= 0.6 is 0 Å². The van der Waals surface area contributed by atoms with Crippen molar-refractivity contribution in [3.05, 3.63) is 60.4 Å². The summed E-state index contributed by atoms with van der Waals surface area (Å²) in [6.45, 7) is 4.13. The van der Waals surface area contributed by atoms with Gasteiger partial charge in [0.05, 0.1) is 16.8 Å². The first-order valence-electron chi connectivity index (χ1n) is 9.62. The van der Waals surface area contributed by atoms with E-state index in [1.807, 2.05) is 42.5 Å². The molecule has 5 nitrogen and oxygen atoms in total. The molecule has 5 heteroatoms. The summed E-state index contributed by atoms with van der Waals surface area (Å²) in [4.78, 5) is 24.1. The van der Waals surface area contributed by atoms with E-state index in [1.54, 1.807) is 12.4 Å². The maximum atomic E-state index is 12.9. The van der Waals surface area contributed by atoms with Crippen LogP contribution in [-0.2, 0) is 0 Å². The molecule has 1 fully saturated rings. The molecule has 0 atom stereocenters. The van der Waals surface area contributed by atoms with E-state index in [0.29, 0.717) is 12.1 Å². The highest BCUT2D eigenvalue weighted by molar-refractivity contribution is 6.07. The van der Waals surface area contributed by atoms with Gasteiger partial charge in [-0.15, -0.1) is 0 Å². The fourth-order valence-electron chi connectivity index (χ4n) is 3.64. The second-order valence-corrected chi connectivity index (χ2v) is 6.97. The van der Waals surface area contributed by atoms with Crippen LogP contribution in [0.1, 0.15) is 29.6 Å². The molecule has 1 N–H and O–H groups in total. The van der Waals surface area contributed by atoms with Gasteiger partial charge in [0, 0.05) is 29.9 Å². The number of hydrogen-bond acceptors (Lipinski definition) is 4. The predicted octanol–water partition coefficient (Wildman–Crippen LogP) is 3.51. The minimum absolute atomic E-state index is 0.0367. The van der Waals surface area contributed by atoms with Gasteiger partial charge in [-0.1, -0.05) is 18.2 Å². The largest absolute Gasteiger partial charge is 0.352 e. The quantitative estimate of drug-likeness (QED) is 0.684. The van der Waals surface area contributed by atoms with E-state index >= 15 is 0 Å². The Labute approximate surface area is 159 Å². The average Bonchev–Trinajstić information content (AvgIpc) is 3.24. The third-order valence-corrected chi connectivity index (χ3v) is 5.07. The summed E-state index contributed by atoms with van der Waals surface area (Å²) in [5, 5.41) is 3.97. The van der Waals surface area contributed by atoms with E-state index in [2.05, 4.69) is 15.2 Å². The van der Waals surface area contributed by atoms with Crippen LogP contribution in [0.5, 0.6) is 0 Å². The minimum Gasteiger partial charge on any atom is -0.352 e. The van der Waals surface area contributed by atoms with Gasteiger partial charge in [0.15, 0.2) is 0 Å². The lowest BCUT2D eigenvalue weighted by molar-refractivity contribution is 0.0953. The summed E-state index contributed by atoms with van der Waals surface area (Å²) in [6.07, 6.45) is 7.06. The molecule has 1 aromatic carbocycles. The number of pyridine rings is 2. The van der Waals surface area contributed by atoms with Crippen LogP contribution in [0.4, 0.5) is 0 Å². The van der Waals surface area contributed by atoms with Crippen LogP contribution in [-0.4, -0.2) is 47.0 Å². The zero-order chi connectivity index (χ0) is 18.5. The Balaban J connectivity index is 1.53. The molecule has 4 rings (SSSR count). The first kappa shape index (κ1) is 17.6. The molecule has 3 heterocycles. The highest BCUT2D eigenvalue weighted by Crippen LogP contribution is 2.24. The number of aromatic nitrogens is 2. The van der Waals surface area contributed by atoms with Gasteiger partial charge in [0.25, 0.3) is 5.91 Å². The van der Waals surface area contributed by atoms with Gasteiger partial charge in [0.2, 0.25) is 0 Å². The summed E-state index contributed by atoms with van der Waals surface area (Å²) in [5.41, 5.74) is 3.25. The van der Waals surface area contributed by atoms with E-state index in [0.717, 1.165) is 35.1 Å². The van der Waals surface area contributed by atoms with Crippen molar-refractivity contribution in [1.29, 1.82) is 0 Å². The maximum Gasteiger partial charge on any atom is 0.252 e. The molecule has 138 valence electrons. The third kappa shape index (κ3) is 4.14. The molecular weight excluding hydrogens is 336 g/mol. The number of benzene rings is 1. The number of likely N-dealkylation sites (tertiary alicyclic amines) is 1. The molecule has 27 heavy (non-hydrogen) atoms. The highest BCUT2D eigenvalue weighted by atomic mass is 16.1. The second-order valence-electron chi connectivity index (χ2n) is 6.97. The molecule has 2 aromatic heterocycles. The van der Waals surface area contributed by atoms with E-state index < -0.39 is 0 Å². The van der Waals surface area contributed by atoms with Crippen molar-refractivity contribution in [3.8, 4) is 11.3 Å². The molecule has 0 bridgehead atoms. The van der Waals surface area contributed by atoms with E-state index in [9.17, 15) is 4.79 Å². The molecular formula is C22H24N4O. The van der Waals surface area contributed by atoms with Crippen LogP contribution in [0.3, 0.4) is 0 Å². The number of carbonyl (C=O) groups excluding carboxylic acids is 1. The number of nitrogens with one attached hydrogen (secondary N) is 1. The zero-order valence-electron chi connectivity index (χ0n) is 15.4.